The average Bonchev–Trinajstić information content (AvgIpc) is 4.16. The first-order chi connectivity index (χ1) is 36.1. The summed E-state index contributed by atoms with van der Waals surface area (Å²) in [6.07, 6.45) is 13.8. The van der Waals surface area contributed by atoms with E-state index in [1.54, 1.807) is 36.5 Å². The van der Waals surface area contributed by atoms with Crippen LogP contribution < -0.4 is 26.0 Å². The topological polar surface area (TPSA) is 199 Å². The normalized spacial score (nSPS) is 24.9. The zero-order chi connectivity index (χ0) is 52.0. The lowest BCUT2D eigenvalue weighted by molar-refractivity contribution is -0.136. The number of fused-ring (bicyclic) bond motifs is 4. The molecule has 18 nitrogen and oxygen atoms in total. The van der Waals surface area contributed by atoms with Crippen LogP contribution in [-0.2, 0) is 42.6 Å². The van der Waals surface area contributed by atoms with Crippen molar-refractivity contribution in [1.82, 2.24) is 39.1 Å². The molecule has 3 atom stereocenters. The molecule has 1 unspecified atom stereocenters. The Balaban J connectivity index is 0.665. The number of pyridine rings is 3. The molecule has 7 aliphatic rings. The van der Waals surface area contributed by atoms with E-state index in [2.05, 4.69) is 61.7 Å². The Morgan fingerprint density at radius 2 is 1.59 bits per heavy atom. The van der Waals surface area contributed by atoms with Gasteiger partial charge in [-0.15, -0.1) is 0 Å². The zero-order valence-electron chi connectivity index (χ0n) is 43.2. The smallest absolute Gasteiger partial charge is 0.276 e. The Labute approximate surface area is 435 Å². The maximum atomic E-state index is 14.0. The molecule has 5 aliphatic heterocycles. The highest BCUT2D eigenvalue weighted by atomic mass is 16.3. The maximum absolute atomic E-state index is 14.0. The van der Waals surface area contributed by atoms with Crippen LogP contribution in [0.1, 0.15) is 132 Å². The van der Waals surface area contributed by atoms with Crippen LogP contribution in [0.4, 0.5) is 23.0 Å². The van der Waals surface area contributed by atoms with Gasteiger partial charge in [0.25, 0.3) is 23.3 Å². The first-order valence-electron chi connectivity index (χ1n) is 26.8. The van der Waals surface area contributed by atoms with E-state index < -0.39 is 23.8 Å². The molecule has 0 bridgehead atoms. The Morgan fingerprint density at radius 1 is 0.787 bits per heavy atom. The quantitative estimate of drug-likeness (QED) is 0.144. The van der Waals surface area contributed by atoms with Crippen LogP contribution in [0.5, 0.6) is 0 Å². The SMILES string of the molecule is C[C@H]1CN(C2CCC(N3CCC[C@H]3c3ccc4c(c3)C(=O)N(C3CCC(=O)NC3=O)C4=O)CC2)CCN1c1ccc(Nc2cc(-c3ccnc(N4CCn5c(cc6c5CC(C)(C)C6)C4=O)c3CO)cn(C)c2=O)nc1. The predicted octanol–water partition coefficient (Wildman–Crippen LogP) is 5.72. The Hall–Kier alpha value is -7.02. The molecule has 3 saturated heterocycles. The fraction of sp³-hybridized carbons (Fsp3) is 0.474. The van der Waals surface area contributed by atoms with Gasteiger partial charge in [0.1, 0.15) is 29.1 Å². The van der Waals surface area contributed by atoms with Gasteiger partial charge >= 0.3 is 0 Å². The van der Waals surface area contributed by atoms with Gasteiger partial charge in [-0.2, -0.15) is 0 Å². The van der Waals surface area contributed by atoms with Gasteiger partial charge in [0.2, 0.25) is 11.8 Å². The van der Waals surface area contributed by atoms with E-state index in [1.165, 1.54) is 15.8 Å². The number of aryl methyl sites for hydroxylation is 1. The molecule has 12 rings (SSSR count). The van der Waals surface area contributed by atoms with Crippen molar-refractivity contribution in [2.24, 2.45) is 12.5 Å². The van der Waals surface area contributed by atoms with Crippen molar-refractivity contribution in [2.75, 3.05) is 47.8 Å². The highest BCUT2D eigenvalue weighted by Crippen LogP contribution is 2.43. The summed E-state index contributed by atoms with van der Waals surface area (Å²) in [6.45, 7) is 11.3. The number of aliphatic hydroxyl groups is 1. The minimum atomic E-state index is -0.978. The van der Waals surface area contributed by atoms with E-state index in [4.69, 9.17) is 4.98 Å². The number of piperazine rings is 1. The minimum absolute atomic E-state index is 0.0904. The Kier molecular flexibility index (Phi) is 12.4. The van der Waals surface area contributed by atoms with Crippen molar-refractivity contribution in [2.45, 2.75) is 128 Å². The molecule has 9 heterocycles. The van der Waals surface area contributed by atoms with Gasteiger partial charge < -0.3 is 24.5 Å². The number of rotatable bonds is 10. The summed E-state index contributed by atoms with van der Waals surface area (Å²) in [7, 11) is 1.70. The number of aliphatic hydroxyl groups excluding tert-OH is 1. The van der Waals surface area contributed by atoms with E-state index >= 15 is 0 Å². The number of hydrogen-bond acceptors (Lipinski definition) is 13. The van der Waals surface area contributed by atoms with E-state index in [1.807, 2.05) is 36.5 Å². The molecule has 0 radical (unpaired) electrons. The molecule has 5 aromatic rings. The van der Waals surface area contributed by atoms with Crippen LogP contribution >= 0.6 is 0 Å². The van der Waals surface area contributed by atoms with Crippen LogP contribution in [0.25, 0.3) is 11.1 Å². The lowest BCUT2D eigenvalue weighted by atomic mass is 9.87. The largest absolute Gasteiger partial charge is 0.392 e. The number of hydrogen-bond donors (Lipinski definition) is 3. The van der Waals surface area contributed by atoms with Gasteiger partial charge in [-0.25, -0.2) is 9.97 Å². The van der Waals surface area contributed by atoms with Crippen LogP contribution in [0.2, 0.25) is 0 Å². The number of amides is 5. The summed E-state index contributed by atoms with van der Waals surface area (Å²) >= 11 is 0. The third kappa shape index (κ3) is 8.63. The summed E-state index contributed by atoms with van der Waals surface area (Å²) in [4.78, 5) is 98.8. The number of imide groups is 2. The number of piperidine rings is 1. The molecule has 4 fully saturated rings. The van der Waals surface area contributed by atoms with Crippen LogP contribution in [-0.4, -0.2) is 125 Å². The van der Waals surface area contributed by atoms with Gasteiger partial charge in [0, 0.05) is 99.6 Å². The molecule has 5 amide bonds. The number of carbonyl (C=O) groups is 5. The van der Waals surface area contributed by atoms with Gasteiger partial charge in [-0.1, -0.05) is 19.9 Å². The summed E-state index contributed by atoms with van der Waals surface area (Å²) in [6, 6.07) is 15.5. The third-order valence-corrected chi connectivity index (χ3v) is 17.4. The zero-order valence-corrected chi connectivity index (χ0v) is 43.2. The number of benzene rings is 1. The number of nitrogens with zero attached hydrogens (tertiary/aromatic N) is 9. The summed E-state index contributed by atoms with van der Waals surface area (Å²) in [5, 5.41) is 16.4. The third-order valence-electron chi connectivity index (χ3n) is 17.4. The number of carbonyl (C=O) groups excluding carboxylic acids is 5. The Bertz CT molecular complexity index is 3230. The van der Waals surface area contributed by atoms with Crippen molar-refractivity contribution >= 4 is 52.5 Å². The standard InChI is InChI=1S/C57H65N11O7/c1-33-30-63(37-8-10-38(11-9-37)65-19-5-6-45(65)34-7-13-41-42(24-34)54(73)68(53(41)72)46-14-16-50(70)61-52(46)71)20-21-64(33)39-12-15-49(59-29-39)60-44-25-36(31-62(4)55(44)74)40-17-18-58-51(43(40)32-69)67-23-22-66-47(56(67)75)26-35-27-57(2,3)28-48(35)66/h7,12-13,15,17-18,24-26,29,31,33,37-38,45-46,69H,5-6,8-11,14,16,19-23,27-28,30,32H2,1-4H3,(H,59,60)(H,61,70,71)/t33-,37?,38?,45-,46?/m0/s1. The monoisotopic (exact) mass is 1020 g/mol. The minimum Gasteiger partial charge on any atom is -0.392 e. The molecule has 2 aliphatic carbocycles. The second-order valence-corrected chi connectivity index (χ2v) is 22.7. The van der Waals surface area contributed by atoms with Crippen LogP contribution in [0, 0.1) is 5.41 Å². The van der Waals surface area contributed by atoms with Crippen LogP contribution in [0.3, 0.4) is 0 Å². The fourth-order valence-corrected chi connectivity index (χ4v) is 13.7. The summed E-state index contributed by atoms with van der Waals surface area (Å²) < 4.78 is 3.68. The second kappa shape index (κ2) is 19.0. The first-order valence-corrected chi connectivity index (χ1v) is 26.8. The highest BCUT2D eigenvalue weighted by Gasteiger charge is 2.46. The van der Waals surface area contributed by atoms with Crippen molar-refractivity contribution < 1.29 is 29.1 Å². The molecule has 0 spiro atoms. The van der Waals surface area contributed by atoms with Crippen molar-refractivity contribution in [3.8, 4) is 11.1 Å². The van der Waals surface area contributed by atoms with E-state index in [0.717, 1.165) is 93.7 Å². The lowest BCUT2D eigenvalue weighted by Crippen LogP contribution is -2.56. The second-order valence-electron chi connectivity index (χ2n) is 22.7. The average molecular weight is 1020 g/mol. The van der Waals surface area contributed by atoms with Gasteiger partial charge in [0.15, 0.2) is 0 Å². The van der Waals surface area contributed by atoms with Crippen molar-refractivity contribution in [1.29, 1.82) is 0 Å². The van der Waals surface area contributed by atoms with Gasteiger partial charge in [-0.05, 0) is 136 Å². The summed E-state index contributed by atoms with van der Waals surface area (Å²) in [5.41, 5.74) is 8.01. The fourth-order valence-electron chi connectivity index (χ4n) is 13.7. The highest BCUT2D eigenvalue weighted by molar-refractivity contribution is 6.23. The number of anilines is 4. The molecule has 1 saturated carbocycles. The van der Waals surface area contributed by atoms with E-state index in [-0.39, 0.29) is 54.3 Å². The van der Waals surface area contributed by atoms with Crippen molar-refractivity contribution in [3.05, 3.63) is 117 Å². The predicted molar refractivity (Wildman–Crippen MR) is 282 cm³/mol. The number of nitrogens with one attached hydrogen (secondary N) is 2. The van der Waals surface area contributed by atoms with Crippen molar-refractivity contribution in [3.63, 3.8) is 0 Å². The molecule has 75 heavy (non-hydrogen) atoms. The molecule has 3 N–H and O–H groups in total. The maximum Gasteiger partial charge on any atom is 0.276 e. The van der Waals surface area contributed by atoms with Crippen LogP contribution in [0.15, 0.2) is 71.9 Å². The van der Waals surface area contributed by atoms with Gasteiger partial charge in [0.05, 0.1) is 29.6 Å². The molecule has 18 heteroatoms. The number of aromatic nitrogens is 4. The number of likely N-dealkylation sites (tertiary alicyclic amines) is 1. The van der Waals surface area contributed by atoms with E-state index in [0.29, 0.717) is 76.0 Å². The Morgan fingerprint density at radius 3 is 2.35 bits per heavy atom. The molecule has 390 valence electrons. The van der Waals surface area contributed by atoms with E-state index in [9.17, 15) is 33.9 Å². The molecule has 1 aromatic carbocycles. The molecular formula is C57H65N11O7. The molecular weight excluding hydrogens is 951 g/mol. The van der Waals surface area contributed by atoms with Gasteiger partial charge in [-0.3, -0.25) is 53.7 Å². The first kappa shape index (κ1) is 48.9. The summed E-state index contributed by atoms with van der Waals surface area (Å²) in [5.74, 6) is -1.11. The molecule has 4 aromatic heterocycles. The lowest BCUT2D eigenvalue weighted by Gasteiger charge is -2.47.